The summed E-state index contributed by atoms with van der Waals surface area (Å²) in [5.74, 6) is -1.36. The fraction of sp³-hybridized carbons (Fsp3) is 0.462. The normalized spacial score (nSPS) is 11.7. The highest BCUT2D eigenvalue weighted by Crippen LogP contribution is 2.10. The molecule has 0 spiro atoms. The van der Waals surface area contributed by atoms with E-state index < -0.39 is 11.9 Å². The van der Waals surface area contributed by atoms with E-state index >= 15 is 0 Å². The molecule has 0 radical (unpaired) electrons. The molecule has 19 heavy (non-hydrogen) atoms. The molecule has 6 nitrogen and oxygen atoms in total. The van der Waals surface area contributed by atoms with Crippen LogP contribution < -0.4 is 5.32 Å². The average molecular weight is 265 g/mol. The second-order valence-corrected chi connectivity index (χ2v) is 4.58. The van der Waals surface area contributed by atoms with Gasteiger partial charge in [0.15, 0.2) is 0 Å². The van der Waals surface area contributed by atoms with Crippen molar-refractivity contribution in [3.8, 4) is 0 Å². The number of rotatable bonds is 6. The van der Waals surface area contributed by atoms with Crippen LogP contribution in [0.4, 0.5) is 5.69 Å². The molecular formula is C13H19N3O3. The summed E-state index contributed by atoms with van der Waals surface area (Å²) in [7, 11) is 3.33. The maximum atomic E-state index is 11.7. The Hall–Kier alpha value is -2.11. The van der Waals surface area contributed by atoms with E-state index in [2.05, 4.69) is 10.3 Å². The fourth-order valence-electron chi connectivity index (χ4n) is 1.44. The van der Waals surface area contributed by atoms with E-state index in [1.807, 2.05) is 0 Å². The number of hydrogen-bond acceptors (Lipinski definition) is 4. The molecule has 1 aromatic rings. The van der Waals surface area contributed by atoms with Crippen molar-refractivity contribution in [3.05, 3.63) is 24.0 Å². The van der Waals surface area contributed by atoms with Crippen LogP contribution >= 0.6 is 0 Å². The Morgan fingerprint density at radius 2 is 2.16 bits per heavy atom. The lowest BCUT2D eigenvalue weighted by molar-refractivity contribution is -0.141. The van der Waals surface area contributed by atoms with E-state index in [-0.39, 0.29) is 5.91 Å². The third-order valence-corrected chi connectivity index (χ3v) is 2.71. The lowest BCUT2D eigenvalue weighted by Gasteiger charge is -2.12. The maximum absolute atomic E-state index is 11.7. The maximum Gasteiger partial charge on any atom is 0.306 e. The third kappa shape index (κ3) is 4.57. The lowest BCUT2D eigenvalue weighted by atomic mass is 10.1. The van der Waals surface area contributed by atoms with Gasteiger partial charge in [0.2, 0.25) is 0 Å². The number of hydrogen-bond donors (Lipinski definition) is 2. The zero-order valence-corrected chi connectivity index (χ0v) is 11.4. The van der Waals surface area contributed by atoms with Crippen LogP contribution in [0.25, 0.3) is 0 Å². The molecule has 0 aromatic carbocycles. The average Bonchev–Trinajstić information content (AvgIpc) is 2.37. The number of carbonyl (C=O) groups excluding carboxylic acids is 1. The third-order valence-electron chi connectivity index (χ3n) is 2.71. The van der Waals surface area contributed by atoms with Crippen LogP contribution in [0.5, 0.6) is 0 Å². The molecule has 0 saturated heterocycles. The predicted molar refractivity (Wildman–Crippen MR) is 72.2 cm³/mol. The van der Waals surface area contributed by atoms with Gasteiger partial charge < -0.3 is 15.3 Å². The Labute approximate surface area is 112 Å². The summed E-state index contributed by atoms with van der Waals surface area (Å²) >= 11 is 0. The summed E-state index contributed by atoms with van der Waals surface area (Å²) in [6.45, 7) is 2.20. The highest BCUT2D eigenvalue weighted by molar-refractivity contribution is 5.92. The number of anilines is 1. The van der Waals surface area contributed by atoms with E-state index in [0.717, 1.165) is 5.69 Å². The Morgan fingerprint density at radius 1 is 1.47 bits per heavy atom. The van der Waals surface area contributed by atoms with Gasteiger partial charge in [0.25, 0.3) is 5.91 Å². The number of pyridine rings is 1. The molecule has 1 heterocycles. The molecule has 1 amide bonds. The number of carbonyl (C=O) groups is 2. The number of aliphatic carboxylic acids is 1. The Balaban J connectivity index is 2.58. The zero-order valence-electron chi connectivity index (χ0n) is 11.4. The Kier molecular flexibility index (Phi) is 5.29. The molecule has 0 aliphatic carbocycles. The number of carboxylic acids is 1. The number of nitrogens with one attached hydrogen (secondary N) is 1. The lowest BCUT2D eigenvalue weighted by Crippen LogP contribution is -2.22. The van der Waals surface area contributed by atoms with Gasteiger partial charge in [0.1, 0.15) is 5.69 Å². The zero-order chi connectivity index (χ0) is 14.4. The molecule has 0 bridgehead atoms. The van der Waals surface area contributed by atoms with Crippen molar-refractivity contribution in [3.63, 3.8) is 0 Å². The quantitative estimate of drug-likeness (QED) is 0.810. The van der Waals surface area contributed by atoms with E-state index in [0.29, 0.717) is 18.7 Å². The van der Waals surface area contributed by atoms with Crippen LogP contribution in [-0.4, -0.2) is 47.5 Å². The standard InChI is InChI=1S/C13H19N3O3/c1-9(13(18)19)4-6-14-10-5-7-15-11(8-10)12(17)16(2)3/h5,7-9H,4,6H2,1-3H3,(H,14,15)(H,18,19). The molecular weight excluding hydrogens is 246 g/mol. The molecule has 1 atom stereocenters. The first-order valence-corrected chi connectivity index (χ1v) is 6.06. The summed E-state index contributed by atoms with van der Waals surface area (Å²) < 4.78 is 0. The minimum atomic E-state index is -0.806. The van der Waals surface area contributed by atoms with Gasteiger partial charge in [-0.2, -0.15) is 0 Å². The van der Waals surface area contributed by atoms with Gasteiger partial charge in [-0.15, -0.1) is 0 Å². The van der Waals surface area contributed by atoms with Crippen molar-refractivity contribution in [2.24, 2.45) is 5.92 Å². The van der Waals surface area contributed by atoms with Crippen molar-refractivity contribution in [2.45, 2.75) is 13.3 Å². The second kappa shape index (κ2) is 6.72. The van der Waals surface area contributed by atoms with Crippen LogP contribution in [0.2, 0.25) is 0 Å². The summed E-state index contributed by atoms with van der Waals surface area (Å²) in [6.07, 6.45) is 2.08. The summed E-state index contributed by atoms with van der Waals surface area (Å²) in [4.78, 5) is 27.9. The van der Waals surface area contributed by atoms with Crippen molar-refractivity contribution in [2.75, 3.05) is 26.0 Å². The fourth-order valence-corrected chi connectivity index (χ4v) is 1.44. The second-order valence-electron chi connectivity index (χ2n) is 4.58. The molecule has 0 aliphatic rings. The van der Waals surface area contributed by atoms with Crippen LogP contribution in [0.3, 0.4) is 0 Å². The number of nitrogens with zero attached hydrogens (tertiary/aromatic N) is 2. The van der Waals surface area contributed by atoms with E-state index in [9.17, 15) is 9.59 Å². The first-order valence-electron chi connectivity index (χ1n) is 6.06. The first kappa shape index (κ1) is 14.9. The molecule has 2 N–H and O–H groups in total. The molecule has 104 valence electrons. The number of carboxylic acid groups (broad SMARTS) is 1. The monoisotopic (exact) mass is 265 g/mol. The Morgan fingerprint density at radius 3 is 2.74 bits per heavy atom. The van der Waals surface area contributed by atoms with Gasteiger partial charge in [-0.1, -0.05) is 6.92 Å². The molecule has 0 aliphatic heterocycles. The molecule has 1 aromatic heterocycles. The summed E-state index contributed by atoms with van der Waals surface area (Å²) in [5.41, 5.74) is 1.12. The van der Waals surface area contributed by atoms with E-state index in [1.54, 1.807) is 39.3 Å². The van der Waals surface area contributed by atoms with Crippen LogP contribution in [0.15, 0.2) is 18.3 Å². The largest absolute Gasteiger partial charge is 0.481 e. The summed E-state index contributed by atoms with van der Waals surface area (Å²) in [5, 5.41) is 11.9. The molecule has 0 saturated carbocycles. The Bertz CT molecular complexity index is 460. The topological polar surface area (TPSA) is 82.5 Å². The minimum Gasteiger partial charge on any atom is -0.481 e. The molecule has 6 heteroatoms. The van der Waals surface area contributed by atoms with Gasteiger partial charge in [0.05, 0.1) is 5.92 Å². The predicted octanol–water partition coefficient (Wildman–Crippen LogP) is 1.31. The molecule has 1 rings (SSSR count). The highest BCUT2D eigenvalue weighted by Gasteiger charge is 2.11. The van der Waals surface area contributed by atoms with Gasteiger partial charge in [0, 0.05) is 32.5 Å². The van der Waals surface area contributed by atoms with Crippen LogP contribution in [-0.2, 0) is 4.79 Å². The van der Waals surface area contributed by atoms with Crippen molar-refractivity contribution in [1.29, 1.82) is 0 Å². The van der Waals surface area contributed by atoms with Crippen molar-refractivity contribution < 1.29 is 14.7 Å². The molecule has 1 unspecified atom stereocenters. The van der Waals surface area contributed by atoms with E-state index in [1.165, 1.54) is 4.90 Å². The van der Waals surface area contributed by atoms with Crippen LogP contribution in [0, 0.1) is 5.92 Å². The van der Waals surface area contributed by atoms with Gasteiger partial charge >= 0.3 is 5.97 Å². The SMILES string of the molecule is CC(CCNc1ccnc(C(=O)N(C)C)c1)C(=O)O. The number of aromatic nitrogens is 1. The minimum absolute atomic E-state index is 0.164. The van der Waals surface area contributed by atoms with Crippen molar-refractivity contribution >= 4 is 17.6 Å². The number of amides is 1. The van der Waals surface area contributed by atoms with Gasteiger partial charge in [-0.3, -0.25) is 14.6 Å². The molecule has 0 fully saturated rings. The first-order chi connectivity index (χ1) is 8.91. The van der Waals surface area contributed by atoms with Gasteiger partial charge in [-0.25, -0.2) is 0 Å². The smallest absolute Gasteiger partial charge is 0.306 e. The van der Waals surface area contributed by atoms with Crippen molar-refractivity contribution in [1.82, 2.24) is 9.88 Å². The van der Waals surface area contributed by atoms with Gasteiger partial charge in [-0.05, 0) is 18.6 Å². The van der Waals surface area contributed by atoms with Crippen LogP contribution in [0.1, 0.15) is 23.8 Å². The van der Waals surface area contributed by atoms with E-state index in [4.69, 9.17) is 5.11 Å². The highest BCUT2D eigenvalue weighted by atomic mass is 16.4. The summed E-state index contributed by atoms with van der Waals surface area (Å²) in [6, 6.07) is 3.41.